The van der Waals surface area contributed by atoms with Gasteiger partial charge in [-0.15, -0.1) is 0 Å². The standard InChI is InChI=1S/C15H15N3O5/c1-9-4-5-16-14(6-9)17-15(19)10-7-12(22-2)13(23-3)8-11(10)18(20)21/h4-8H,1-3H3,(H,16,17,19). The second kappa shape index (κ2) is 6.73. The number of amides is 1. The van der Waals surface area contributed by atoms with E-state index in [9.17, 15) is 14.9 Å². The molecule has 2 rings (SSSR count). The van der Waals surface area contributed by atoms with Crippen molar-refractivity contribution in [2.75, 3.05) is 19.5 Å². The topological polar surface area (TPSA) is 104 Å². The molecule has 8 nitrogen and oxygen atoms in total. The summed E-state index contributed by atoms with van der Waals surface area (Å²) in [5.41, 5.74) is 0.376. The van der Waals surface area contributed by atoms with E-state index in [0.717, 1.165) is 11.6 Å². The average molecular weight is 317 g/mol. The summed E-state index contributed by atoms with van der Waals surface area (Å²) in [6.07, 6.45) is 1.54. The van der Waals surface area contributed by atoms with Gasteiger partial charge in [-0.25, -0.2) is 4.98 Å². The molecular weight excluding hydrogens is 302 g/mol. The SMILES string of the molecule is COc1cc(C(=O)Nc2cc(C)ccn2)c([N+](=O)[O-])cc1OC. The lowest BCUT2D eigenvalue weighted by atomic mass is 10.1. The molecule has 1 aromatic heterocycles. The quantitative estimate of drug-likeness (QED) is 0.671. The van der Waals surface area contributed by atoms with Crippen LogP contribution in [0.2, 0.25) is 0 Å². The first-order valence-electron chi connectivity index (χ1n) is 6.60. The molecule has 0 aliphatic carbocycles. The average Bonchev–Trinajstić information content (AvgIpc) is 2.53. The molecule has 23 heavy (non-hydrogen) atoms. The second-order valence-corrected chi connectivity index (χ2v) is 4.65. The Bertz CT molecular complexity index is 761. The van der Waals surface area contributed by atoms with Gasteiger partial charge in [0.1, 0.15) is 11.4 Å². The maximum absolute atomic E-state index is 12.4. The molecule has 0 saturated heterocycles. The molecule has 0 spiro atoms. The molecular formula is C15H15N3O5. The van der Waals surface area contributed by atoms with Gasteiger partial charge in [0, 0.05) is 12.3 Å². The van der Waals surface area contributed by atoms with Crippen LogP contribution in [0.5, 0.6) is 11.5 Å². The number of nitro benzene ring substituents is 1. The molecule has 0 aliphatic rings. The van der Waals surface area contributed by atoms with Gasteiger partial charge in [-0.1, -0.05) is 0 Å². The molecule has 0 fully saturated rings. The lowest BCUT2D eigenvalue weighted by Gasteiger charge is -2.10. The number of methoxy groups -OCH3 is 2. The van der Waals surface area contributed by atoms with Crippen molar-refractivity contribution in [1.82, 2.24) is 4.98 Å². The van der Waals surface area contributed by atoms with E-state index >= 15 is 0 Å². The normalized spacial score (nSPS) is 10.0. The van der Waals surface area contributed by atoms with Crippen LogP contribution >= 0.6 is 0 Å². The van der Waals surface area contributed by atoms with Crippen LogP contribution in [0.4, 0.5) is 11.5 Å². The number of nitro groups is 1. The summed E-state index contributed by atoms with van der Waals surface area (Å²) >= 11 is 0. The van der Waals surface area contributed by atoms with Gasteiger partial charge in [0.05, 0.1) is 25.2 Å². The van der Waals surface area contributed by atoms with Crippen molar-refractivity contribution in [3.63, 3.8) is 0 Å². The number of carbonyl (C=O) groups excluding carboxylic acids is 1. The summed E-state index contributed by atoms with van der Waals surface area (Å²) in [6, 6.07) is 5.85. The van der Waals surface area contributed by atoms with Gasteiger partial charge in [-0.2, -0.15) is 0 Å². The highest BCUT2D eigenvalue weighted by Gasteiger charge is 2.24. The molecule has 8 heteroatoms. The fourth-order valence-corrected chi connectivity index (χ4v) is 1.99. The van der Waals surface area contributed by atoms with Crippen LogP contribution in [0.3, 0.4) is 0 Å². The van der Waals surface area contributed by atoms with Crippen LogP contribution in [0, 0.1) is 17.0 Å². The zero-order valence-corrected chi connectivity index (χ0v) is 12.8. The number of hydrogen-bond acceptors (Lipinski definition) is 6. The van der Waals surface area contributed by atoms with E-state index in [1.54, 1.807) is 12.1 Å². The Labute approximate surface area is 132 Å². The first-order chi connectivity index (χ1) is 11.0. The molecule has 1 N–H and O–H groups in total. The number of benzene rings is 1. The Morgan fingerprint density at radius 1 is 1.22 bits per heavy atom. The zero-order chi connectivity index (χ0) is 17.0. The van der Waals surface area contributed by atoms with Gasteiger partial charge < -0.3 is 14.8 Å². The molecule has 0 radical (unpaired) electrons. The molecule has 2 aromatic rings. The minimum atomic E-state index is -0.657. The fourth-order valence-electron chi connectivity index (χ4n) is 1.99. The summed E-state index contributed by atoms with van der Waals surface area (Å²) in [7, 11) is 2.74. The van der Waals surface area contributed by atoms with E-state index in [4.69, 9.17) is 9.47 Å². The number of hydrogen-bond donors (Lipinski definition) is 1. The van der Waals surface area contributed by atoms with Gasteiger partial charge >= 0.3 is 0 Å². The maximum atomic E-state index is 12.4. The molecule has 1 aromatic carbocycles. The number of nitrogens with one attached hydrogen (secondary N) is 1. The summed E-state index contributed by atoms with van der Waals surface area (Å²) in [6.45, 7) is 1.84. The minimum Gasteiger partial charge on any atom is -0.493 e. The lowest BCUT2D eigenvalue weighted by molar-refractivity contribution is -0.385. The van der Waals surface area contributed by atoms with Crippen LogP contribution in [-0.2, 0) is 0 Å². The van der Waals surface area contributed by atoms with Crippen LogP contribution in [-0.4, -0.2) is 30.0 Å². The molecule has 0 saturated carbocycles. The number of nitrogens with zero attached hydrogens (tertiary/aromatic N) is 2. The van der Waals surface area contributed by atoms with Crippen molar-refractivity contribution in [2.24, 2.45) is 0 Å². The number of rotatable bonds is 5. The smallest absolute Gasteiger partial charge is 0.286 e. The Balaban J connectivity index is 2.44. The van der Waals surface area contributed by atoms with Crippen molar-refractivity contribution >= 4 is 17.4 Å². The van der Waals surface area contributed by atoms with E-state index in [1.165, 1.54) is 26.5 Å². The lowest BCUT2D eigenvalue weighted by Crippen LogP contribution is -2.15. The number of aromatic nitrogens is 1. The van der Waals surface area contributed by atoms with E-state index in [2.05, 4.69) is 10.3 Å². The van der Waals surface area contributed by atoms with Crippen molar-refractivity contribution in [1.29, 1.82) is 0 Å². The van der Waals surface area contributed by atoms with Gasteiger partial charge in [-0.3, -0.25) is 14.9 Å². The van der Waals surface area contributed by atoms with Crippen molar-refractivity contribution in [3.8, 4) is 11.5 Å². The predicted molar refractivity (Wildman–Crippen MR) is 83.1 cm³/mol. The highest BCUT2D eigenvalue weighted by Crippen LogP contribution is 2.34. The third-order valence-corrected chi connectivity index (χ3v) is 3.10. The number of pyridine rings is 1. The predicted octanol–water partition coefficient (Wildman–Crippen LogP) is 2.57. The molecule has 0 atom stereocenters. The molecule has 0 bridgehead atoms. The van der Waals surface area contributed by atoms with Crippen LogP contribution in [0.1, 0.15) is 15.9 Å². The highest BCUT2D eigenvalue weighted by molar-refractivity contribution is 6.07. The number of aryl methyl sites for hydroxylation is 1. The van der Waals surface area contributed by atoms with Crippen LogP contribution in [0.25, 0.3) is 0 Å². The third kappa shape index (κ3) is 3.54. The van der Waals surface area contributed by atoms with E-state index in [-0.39, 0.29) is 22.7 Å². The van der Waals surface area contributed by atoms with E-state index in [0.29, 0.717) is 5.82 Å². The number of anilines is 1. The Morgan fingerprint density at radius 3 is 2.43 bits per heavy atom. The fraction of sp³-hybridized carbons (Fsp3) is 0.200. The molecule has 0 aliphatic heterocycles. The first kappa shape index (κ1) is 16.2. The number of carbonyl (C=O) groups is 1. The monoisotopic (exact) mass is 317 g/mol. The molecule has 120 valence electrons. The summed E-state index contributed by atoms with van der Waals surface area (Å²) < 4.78 is 10.1. The molecule has 1 amide bonds. The third-order valence-electron chi connectivity index (χ3n) is 3.10. The maximum Gasteiger partial charge on any atom is 0.286 e. The van der Waals surface area contributed by atoms with Gasteiger partial charge in [0.25, 0.3) is 11.6 Å². The van der Waals surface area contributed by atoms with Gasteiger partial charge in [-0.05, 0) is 24.6 Å². The first-order valence-corrected chi connectivity index (χ1v) is 6.60. The minimum absolute atomic E-state index is 0.143. The largest absolute Gasteiger partial charge is 0.493 e. The molecule has 0 unspecified atom stereocenters. The van der Waals surface area contributed by atoms with E-state index < -0.39 is 10.8 Å². The van der Waals surface area contributed by atoms with Crippen LogP contribution < -0.4 is 14.8 Å². The summed E-state index contributed by atoms with van der Waals surface area (Å²) in [4.78, 5) is 26.9. The Morgan fingerprint density at radius 2 is 1.87 bits per heavy atom. The second-order valence-electron chi connectivity index (χ2n) is 4.65. The highest BCUT2D eigenvalue weighted by atomic mass is 16.6. The number of ether oxygens (including phenoxy) is 2. The Hall–Kier alpha value is -3.16. The van der Waals surface area contributed by atoms with Gasteiger partial charge in [0.2, 0.25) is 0 Å². The summed E-state index contributed by atoms with van der Waals surface area (Å²) in [5.74, 6) is 0.0414. The van der Waals surface area contributed by atoms with Crippen LogP contribution in [0.15, 0.2) is 30.5 Å². The van der Waals surface area contributed by atoms with Crippen molar-refractivity contribution in [3.05, 3.63) is 51.7 Å². The summed E-state index contributed by atoms with van der Waals surface area (Å²) in [5, 5.41) is 13.7. The zero-order valence-electron chi connectivity index (χ0n) is 12.8. The van der Waals surface area contributed by atoms with E-state index in [1.807, 2.05) is 6.92 Å². The Kier molecular flexibility index (Phi) is 4.75. The van der Waals surface area contributed by atoms with Crippen molar-refractivity contribution in [2.45, 2.75) is 6.92 Å². The van der Waals surface area contributed by atoms with Crippen molar-refractivity contribution < 1.29 is 19.2 Å². The molecule has 1 heterocycles. The van der Waals surface area contributed by atoms with Gasteiger partial charge in [0.15, 0.2) is 11.5 Å².